The molecule has 0 fully saturated rings. The van der Waals surface area contributed by atoms with Crippen LogP contribution in [-0.2, 0) is 17.5 Å². The Morgan fingerprint density at radius 2 is 1.38 bits per heavy atom. The largest absolute Gasteiger partial charge is 0.495 e. The molecule has 47 heavy (non-hydrogen) atoms. The van der Waals surface area contributed by atoms with Crippen molar-refractivity contribution in [2.24, 2.45) is 0 Å². The number of hydrogen-bond donors (Lipinski definition) is 3. The Hall–Kier alpha value is -5.90. The van der Waals surface area contributed by atoms with Crippen molar-refractivity contribution in [1.29, 1.82) is 0 Å². The standard InChI is InChI=1S/C37H30F3N3O4/c1-47-32-22-27(34(44)43-33(26-12-6-3-7-13-26)36(46)41-23-24-10-4-2-5-11-24)18-21-31(32)42-35(45)30-15-9-8-14-29(30)25-16-19-28(20-17-25)37(38,39)40/h2-22,33H,23H2,1H3,(H,41,46)(H,42,45)(H,43,44)/t33-/m0/s1. The highest BCUT2D eigenvalue weighted by Gasteiger charge is 2.30. The molecule has 1 atom stereocenters. The number of benzene rings is 5. The van der Waals surface area contributed by atoms with Crippen LogP contribution < -0.4 is 20.7 Å². The Morgan fingerprint density at radius 1 is 0.745 bits per heavy atom. The Balaban J connectivity index is 1.33. The molecule has 0 unspecified atom stereocenters. The summed E-state index contributed by atoms with van der Waals surface area (Å²) >= 11 is 0. The lowest BCUT2D eigenvalue weighted by Gasteiger charge is -2.20. The van der Waals surface area contributed by atoms with E-state index < -0.39 is 35.5 Å². The maximum Gasteiger partial charge on any atom is 0.416 e. The fourth-order valence-electron chi connectivity index (χ4n) is 4.94. The van der Waals surface area contributed by atoms with Crippen LogP contribution in [0.4, 0.5) is 18.9 Å². The summed E-state index contributed by atoms with van der Waals surface area (Å²) in [6.45, 7) is 0.281. The van der Waals surface area contributed by atoms with E-state index in [1.165, 1.54) is 37.4 Å². The molecule has 0 aromatic heterocycles. The van der Waals surface area contributed by atoms with E-state index in [2.05, 4.69) is 16.0 Å². The average molecular weight is 638 g/mol. The van der Waals surface area contributed by atoms with Crippen molar-refractivity contribution in [2.45, 2.75) is 18.8 Å². The molecule has 3 amide bonds. The zero-order valence-electron chi connectivity index (χ0n) is 25.2. The molecule has 0 bridgehead atoms. The lowest BCUT2D eigenvalue weighted by molar-refractivity contribution is -0.137. The number of alkyl halides is 3. The lowest BCUT2D eigenvalue weighted by Crippen LogP contribution is -2.40. The zero-order valence-corrected chi connectivity index (χ0v) is 25.2. The number of anilines is 1. The summed E-state index contributed by atoms with van der Waals surface area (Å²) in [6, 6.07) is 32.8. The van der Waals surface area contributed by atoms with Gasteiger partial charge in [0.1, 0.15) is 11.8 Å². The summed E-state index contributed by atoms with van der Waals surface area (Å²) in [5.41, 5.74) is 2.24. The monoisotopic (exact) mass is 637 g/mol. The molecule has 0 spiro atoms. The number of ether oxygens (including phenoxy) is 1. The molecule has 0 heterocycles. The number of carbonyl (C=O) groups is 3. The lowest BCUT2D eigenvalue weighted by atomic mass is 9.98. The topological polar surface area (TPSA) is 96.5 Å². The van der Waals surface area contributed by atoms with E-state index in [9.17, 15) is 27.6 Å². The Kier molecular flexibility index (Phi) is 10.0. The number of halogens is 3. The van der Waals surface area contributed by atoms with E-state index in [-0.39, 0.29) is 29.1 Å². The molecular formula is C37H30F3N3O4. The van der Waals surface area contributed by atoms with Crippen LogP contribution >= 0.6 is 0 Å². The second-order valence-electron chi connectivity index (χ2n) is 10.5. The summed E-state index contributed by atoms with van der Waals surface area (Å²) in [5, 5.41) is 8.44. The van der Waals surface area contributed by atoms with Crippen molar-refractivity contribution >= 4 is 23.4 Å². The van der Waals surface area contributed by atoms with Gasteiger partial charge in [0.25, 0.3) is 11.8 Å². The third-order valence-corrected chi connectivity index (χ3v) is 7.39. The first-order valence-electron chi connectivity index (χ1n) is 14.6. The fourth-order valence-corrected chi connectivity index (χ4v) is 4.94. The van der Waals surface area contributed by atoms with Crippen LogP contribution in [0.5, 0.6) is 5.75 Å². The number of methoxy groups -OCH3 is 1. The minimum absolute atomic E-state index is 0.182. The molecule has 10 heteroatoms. The molecule has 7 nitrogen and oxygen atoms in total. The third kappa shape index (κ3) is 8.04. The molecule has 0 aliphatic heterocycles. The molecule has 238 valence electrons. The van der Waals surface area contributed by atoms with E-state index in [1.54, 1.807) is 48.5 Å². The SMILES string of the molecule is COc1cc(C(=O)N[C@H](C(=O)NCc2ccccc2)c2ccccc2)ccc1NC(=O)c1ccccc1-c1ccc(C(F)(F)F)cc1. The van der Waals surface area contributed by atoms with Gasteiger partial charge in [-0.15, -0.1) is 0 Å². The van der Waals surface area contributed by atoms with Crippen molar-refractivity contribution in [2.75, 3.05) is 12.4 Å². The number of rotatable bonds is 10. The van der Waals surface area contributed by atoms with Crippen molar-refractivity contribution in [3.05, 3.63) is 155 Å². The number of amides is 3. The summed E-state index contributed by atoms with van der Waals surface area (Å²) in [6.07, 6.45) is -4.48. The Bertz CT molecular complexity index is 1860. The van der Waals surface area contributed by atoms with Gasteiger partial charge in [0, 0.05) is 17.7 Å². The minimum atomic E-state index is -4.48. The Morgan fingerprint density at radius 3 is 2.04 bits per heavy atom. The van der Waals surface area contributed by atoms with E-state index in [0.29, 0.717) is 16.7 Å². The van der Waals surface area contributed by atoms with Crippen LogP contribution in [0.2, 0.25) is 0 Å². The number of hydrogen-bond acceptors (Lipinski definition) is 4. The van der Waals surface area contributed by atoms with Gasteiger partial charge in [0.05, 0.1) is 18.4 Å². The molecule has 0 saturated heterocycles. The second kappa shape index (κ2) is 14.5. The predicted octanol–water partition coefficient (Wildman–Crippen LogP) is 7.42. The highest BCUT2D eigenvalue weighted by atomic mass is 19.4. The van der Waals surface area contributed by atoms with Crippen LogP contribution in [0.25, 0.3) is 11.1 Å². The van der Waals surface area contributed by atoms with Crippen molar-refractivity contribution in [1.82, 2.24) is 10.6 Å². The van der Waals surface area contributed by atoms with Gasteiger partial charge in [-0.25, -0.2) is 0 Å². The first-order valence-corrected chi connectivity index (χ1v) is 14.6. The van der Waals surface area contributed by atoms with E-state index in [4.69, 9.17) is 4.74 Å². The van der Waals surface area contributed by atoms with Crippen LogP contribution in [-0.4, -0.2) is 24.8 Å². The predicted molar refractivity (Wildman–Crippen MR) is 173 cm³/mol. The van der Waals surface area contributed by atoms with Gasteiger partial charge >= 0.3 is 6.18 Å². The van der Waals surface area contributed by atoms with Crippen LogP contribution in [0.15, 0.2) is 127 Å². The van der Waals surface area contributed by atoms with Crippen LogP contribution in [0.3, 0.4) is 0 Å². The van der Waals surface area contributed by atoms with Gasteiger partial charge < -0.3 is 20.7 Å². The van der Waals surface area contributed by atoms with Crippen LogP contribution in [0, 0.1) is 0 Å². The first-order chi connectivity index (χ1) is 22.6. The smallest absolute Gasteiger partial charge is 0.416 e. The van der Waals surface area contributed by atoms with Crippen molar-refractivity contribution in [3.8, 4) is 16.9 Å². The summed E-state index contributed by atoms with van der Waals surface area (Å²) < 4.78 is 44.7. The maximum atomic E-state index is 13.4. The second-order valence-corrected chi connectivity index (χ2v) is 10.5. The molecule has 3 N–H and O–H groups in total. The number of carbonyl (C=O) groups excluding carboxylic acids is 3. The molecule has 0 saturated carbocycles. The average Bonchev–Trinajstić information content (AvgIpc) is 3.10. The minimum Gasteiger partial charge on any atom is -0.495 e. The third-order valence-electron chi connectivity index (χ3n) is 7.39. The molecule has 5 aromatic rings. The van der Waals surface area contributed by atoms with Crippen molar-refractivity contribution in [3.63, 3.8) is 0 Å². The van der Waals surface area contributed by atoms with Crippen molar-refractivity contribution < 1.29 is 32.3 Å². The summed E-state index contributed by atoms with van der Waals surface area (Å²) in [4.78, 5) is 40.1. The molecule has 0 aliphatic carbocycles. The molecule has 0 aliphatic rings. The van der Waals surface area contributed by atoms with E-state index in [0.717, 1.165) is 17.7 Å². The highest BCUT2D eigenvalue weighted by molar-refractivity contribution is 6.09. The van der Waals surface area contributed by atoms with Gasteiger partial charge in [-0.3, -0.25) is 14.4 Å². The quantitative estimate of drug-likeness (QED) is 0.149. The normalized spacial score (nSPS) is 11.7. The molecule has 5 rings (SSSR count). The Labute approximate surface area is 269 Å². The maximum absolute atomic E-state index is 13.4. The number of nitrogens with one attached hydrogen (secondary N) is 3. The molecule has 5 aromatic carbocycles. The molecule has 0 radical (unpaired) electrons. The van der Waals surface area contributed by atoms with Gasteiger partial charge in [-0.05, 0) is 58.7 Å². The van der Waals surface area contributed by atoms with Gasteiger partial charge in [-0.1, -0.05) is 91.0 Å². The van der Waals surface area contributed by atoms with E-state index >= 15 is 0 Å². The van der Waals surface area contributed by atoms with Crippen LogP contribution in [0.1, 0.15) is 43.4 Å². The fraction of sp³-hybridized carbons (Fsp3) is 0.108. The zero-order chi connectivity index (χ0) is 33.4. The summed E-state index contributed by atoms with van der Waals surface area (Å²) in [5.74, 6) is -1.29. The van der Waals surface area contributed by atoms with Gasteiger partial charge in [0.15, 0.2) is 0 Å². The highest BCUT2D eigenvalue weighted by Crippen LogP contribution is 2.33. The van der Waals surface area contributed by atoms with Gasteiger partial charge in [-0.2, -0.15) is 13.2 Å². The van der Waals surface area contributed by atoms with E-state index in [1.807, 2.05) is 36.4 Å². The first kappa shape index (κ1) is 32.5. The summed E-state index contributed by atoms with van der Waals surface area (Å²) in [7, 11) is 1.38. The van der Waals surface area contributed by atoms with Gasteiger partial charge in [0.2, 0.25) is 5.91 Å². The molecular weight excluding hydrogens is 607 g/mol.